The first-order valence-electron chi connectivity index (χ1n) is 7.07. The summed E-state index contributed by atoms with van der Waals surface area (Å²) in [6.45, 7) is 11.0. The minimum atomic E-state index is 0.639. The van der Waals surface area contributed by atoms with Crippen molar-refractivity contribution >= 4 is 0 Å². The maximum atomic E-state index is 2.22. The second kappa shape index (κ2) is 6.65. The highest BCUT2D eigenvalue weighted by Gasteiger charge is 2.05. The van der Waals surface area contributed by atoms with E-state index in [0.717, 1.165) is 0 Å². The van der Waals surface area contributed by atoms with Crippen LogP contribution in [0, 0.1) is 6.92 Å². The molecule has 0 amide bonds. The molecule has 0 unspecified atom stereocenters. The van der Waals surface area contributed by atoms with Crippen molar-refractivity contribution in [3.05, 3.63) is 47.5 Å². The molecule has 0 atom stereocenters. The highest BCUT2D eigenvalue weighted by atomic mass is 14.9. The van der Waals surface area contributed by atoms with Crippen LogP contribution in [-0.2, 0) is 14.1 Å². The summed E-state index contributed by atoms with van der Waals surface area (Å²) >= 11 is 0. The molecule has 2 aromatic rings. The van der Waals surface area contributed by atoms with E-state index in [1.165, 1.54) is 17.0 Å². The third kappa shape index (κ3) is 4.02. The molecule has 0 bridgehead atoms. The van der Waals surface area contributed by atoms with Crippen LogP contribution in [0.25, 0.3) is 0 Å². The smallest absolute Gasteiger partial charge is 0.0226 e. The van der Waals surface area contributed by atoms with Crippen molar-refractivity contribution in [1.29, 1.82) is 0 Å². The molecule has 0 aliphatic carbocycles. The molecular weight excluding hydrogens is 232 g/mol. The summed E-state index contributed by atoms with van der Waals surface area (Å²) in [5.41, 5.74) is 4.24. The SMILES string of the molecule is CC(C)c1cccn1C.Cc1ccn(C)c1C(C)C. The summed E-state index contributed by atoms with van der Waals surface area (Å²) in [5.74, 6) is 1.28. The minimum Gasteiger partial charge on any atom is -0.354 e. The summed E-state index contributed by atoms with van der Waals surface area (Å²) in [4.78, 5) is 0. The largest absolute Gasteiger partial charge is 0.354 e. The minimum absolute atomic E-state index is 0.639. The predicted molar refractivity (Wildman–Crippen MR) is 83.7 cm³/mol. The number of hydrogen-bond donors (Lipinski definition) is 0. The van der Waals surface area contributed by atoms with Gasteiger partial charge in [-0.05, 0) is 42.5 Å². The standard InChI is InChI=1S/C9H15N.C8H13N/c1-7(2)9-8(3)5-6-10(9)4;1-7(2)8-5-4-6-9(8)3/h5-7H,1-4H3;4-7H,1-3H3. The molecule has 0 aliphatic heterocycles. The fourth-order valence-electron chi connectivity index (χ4n) is 2.60. The third-order valence-corrected chi connectivity index (χ3v) is 3.45. The Morgan fingerprint density at radius 2 is 1.47 bits per heavy atom. The average Bonchev–Trinajstić information content (AvgIpc) is 2.86. The molecule has 0 spiro atoms. The molecule has 0 N–H and O–H groups in total. The molecule has 2 heterocycles. The van der Waals surface area contributed by atoms with Crippen LogP contribution < -0.4 is 0 Å². The van der Waals surface area contributed by atoms with E-state index in [1.54, 1.807) is 0 Å². The molecular formula is C17H28N2. The molecule has 2 heteroatoms. The summed E-state index contributed by atoms with van der Waals surface area (Å²) in [7, 11) is 4.18. The van der Waals surface area contributed by atoms with Crippen molar-refractivity contribution in [2.75, 3.05) is 0 Å². The van der Waals surface area contributed by atoms with Crippen molar-refractivity contribution in [1.82, 2.24) is 9.13 Å². The molecule has 0 saturated carbocycles. The molecule has 2 nitrogen and oxygen atoms in total. The Morgan fingerprint density at radius 3 is 1.68 bits per heavy atom. The summed E-state index contributed by atoms with van der Waals surface area (Å²) in [5, 5.41) is 0. The molecule has 0 aliphatic rings. The van der Waals surface area contributed by atoms with Crippen LogP contribution in [-0.4, -0.2) is 9.13 Å². The van der Waals surface area contributed by atoms with Crippen LogP contribution in [0.2, 0.25) is 0 Å². The lowest BCUT2D eigenvalue weighted by molar-refractivity contribution is 0.735. The van der Waals surface area contributed by atoms with E-state index in [1.807, 2.05) is 0 Å². The van der Waals surface area contributed by atoms with Gasteiger partial charge in [-0.25, -0.2) is 0 Å². The molecule has 106 valence electrons. The molecule has 19 heavy (non-hydrogen) atoms. The van der Waals surface area contributed by atoms with Gasteiger partial charge in [0.1, 0.15) is 0 Å². The number of rotatable bonds is 2. The Morgan fingerprint density at radius 1 is 0.842 bits per heavy atom. The molecule has 2 aromatic heterocycles. The van der Waals surface area contributed by atoms with Crippen LogP contribution in [0.1, 0.15) is 56.5 Å². The van der Waals surface area contributed by atoms with Gasteiger partial charge in [0.05, 0.1) is 0 Å². The highest BCUT2D eigenvalue weighted by molar-refractivity contribution is 5.22. The number of aromatic nitrogens is 2. The van der Waals surface area contributed by atoms with Crippen LogP contribution in [0.15, 0.2) is 30.6 Å². The Labute approximate surface area is 118 Å². The van der Waals surface area contributed by atoms with Crippen molar-refractivity contribution < 1.29 is 0 Å². The number of hydrogen-bond acceptors (Lipinski definition) is 0. The maximum absolute atomic E-state index is 2.22. The second-order valence-corrected chi connectivity index (χ2v) is 5.85. The first-order valence-corrected chi connectivity index (χ1v) is 7.07. The highest BCUT2D eigenvalue weighted by Crippen LogP contribution is 2.18. The van der Waals surface area contributed by atoms with E-state index in [0.29, 0.717) is 11.8 Å². The van der Waals surface area contributed by atoms with Crippen LogP contribution in [0.5, 0.6) is 0 Å². The molecule has 0 aromatic carbocycles. The van der Waals surface area contributed by atoms with Crippen molar-refractivity contribution in [3.63, 3.8) is 0 Å². The Hall–Kier alpha value is -1.44. The topological polar surface area (TPSA) is 9.86 Å². The van der Waals surface area contributed by atoms with Crippen LogP contribution in [0.3, 0.4) is 0 Å². The monoisotopic (exact) mass is 260 g/mol. The van der Waals surface area contributed by atoms with Gasteiger partial charge >= 0.3 is 0 Å². The zero-order valence-corrected chi connectivity index (χ0v) is 13.4. The normalized spacial score (nSPS) is 10.8. The van der Waals surface area contributed by atoms with Gasteiger partial charge in [0.2, 0.25) is 0 Å². The lowest BCUT2D eigenvalue weighted by Crippen LogP contribution is -1.98. The third-order valence-electron chi connectivity index (χ3n) is 3.45. The summed E-state index contributed by atoms with van der Waals surface area (Å²) in [6.07, 6.45) is 4.19. The zero-order valence-electron chi connectivity index (χ0n) is 13.4. The quantitative estimate of drug-likeness (QED) is 0.746. The summed E-state index contributed by atoms with van der Waals surface area (Å²) < 4.78 is 4.35. The summed E-state index contributed by atoms with van der Waals surface area (Å²) in [6, 6.07) is 6.40. The number of aryl methyl sites for hydroxylation is 3. The first kappa shape index (κ1) is 15.6. The van der Waals surface area contributed by atoms with Crippen molar-refractivity contribution in [2.24, 2.45) is 14.1 Å². The predicted octanol–water partition coefficient (Wildman–Crippen LogP) is 4.61. The van der Waals surface area contributed by atoms with Gasteiger partial charge in [-0.15, -0.1) is 0 Å². The van der Waals surface area contributed by atoms with Crippen molar-refractivity contribution in [2.45, 2.75) is 46.5 Å². The van der Waals surface area contributed by atoms with Gasteiger partial charge in [0.15, 0.2) is 0 Å². The molecule has 0 fully saturated rings. The van der Waals surface area contributed by atoms with E-state index in [9.17, 15) is 0 Å². The lowest BCUT2D eigenvalue weighted by atomic mass is 10.1. The second-order valence-electron chi connectivity index (χ2n) is 5.85. The van der Waals surface area contributed by atoms with E-state index in [2.05, 4.69) is 88.4 Å². The Balaban J connectivity index is 0.000000191. The van der Waals surface area contributed by atoms with Gasteiger partial charge in [0.25, 0.3) is 0 Å². The average molecular weight is 260 g/mol. The molecule has 0 radical (unpaired) electrons. The molecule has 2 rings (SSSR count). The van der Waals surface area contributed by atoms with Crippen LogP contribution >= 0.6 is 0 Å². The van der Waals surface area contributed by atoms with E-state index in [-0.39, 0.29) is 0 Å². The zero-order chi connectivity index (χ0) is 14.6. The van der Waals surface area contributed by atoms with Gasteiger partial charge < -0.3 is 9.13 Å². The Kier molecular flexibility index (Phi) is 5.46. The van der Waals surface area contributed by atoms with E-state index < -0.39 is 0 Å². The molecule has 0 saturated heterocycles. The fourth-order valence-corrected chi connectivity index (χ4v) is 2.60. The van der Waals surface area contributed by atoms with Crippen LogP contribution in [0.4, 0.5) is 0 Å². The van der Waals surface area contributed by atoms with E-state index >= 15 is 0 Å². The first-order chi connectivity index (χ1) is 8.84. The fraction of sp³-hybridized carbons (Fsp3) is 0.529. The lowest BCUT2D eigenvalue weighted by Gasteiger charge is -2.07. The van der Waals surface area contributed by atoms with Gasteiger partial charge in [0, 0.05) is 37.9 Å². The van der Waals surface area contributed by atoms with Gasteiger partial charge in [-0.1, -0.05) is 27.7 Å². The maximum Gasteiger partial charge on any atom is 0.0226 e. The Bertz CT molecular complexity index is 482. The van der Waals surface area contributed by atoms with Gasteiger partial charge in [-0.3, -0.25) is 0 Å². The number of nitrogens with zero attached hydrogens (tertiary/aromatic N) is 2. The van der Waals surface area contributed by atoms with E-state index in [4.69, 9.17) is 0 Å². The van der Waals surface area contributed by atoms with Gasteiger partial charge in [-0.2, -0.15) is 0 Å². The van der Waals surface area contributed by atoms with Crippen molar-refractivity contribution in [3.8, 4) is 0 Å².